The molecule has 3 aromatic rings. The number of nitrogens with zero attached hydrogens (tertiary/aromatic N) is 3. The fourth-order valence-electron chi connectivity index (χ4n) is 4.49. The van der Waals surface area contributed by atoms with Crippen molar-refractivity contribution in [2.24, 2.45) is 0 Å². The minimum Gasteiger partial charge on any atom is -0.497 e. The SMILES string of the molecule is COc1ccc(C2CCN(c3nc4cccc5c4n3CCC5=O)CC2)cc1. The van der Waals surface area contributed by atoms with Gasteiger partial charge in [0.2, 0.25) is 5.95 Å². The molecule has 0 bridgehead atoms. The lowest BCUT2D eigenvalue weighted by atomic mass is 9.89. The van der Waals surface area contributed by atoms with E-state index in [1.807, 2.05) is 30.3 Å². The van der Waals surface area contributed by atoms with Crippen LogP contribution < -0.4 is 9.64 Å². The van der Waals surface area contributed by atoms with Crippen LogP contribution in [0.4, 0.5) is 5.95 Å². The van der Waals surface area contributed by atoms with Gasteiger partial charge in [-0.1, -0.05) is 18.2 Å². The molecule has 2 aliphatic heterocycles. The molecule has 27 heavy (non-hydrogen) atoms. The topological polar surface area (TPSA) is 47.4 Å². The third-order valence-electron chi connectivity index (χ3n) is 5.97. The van der Waals surface area contributed by atoms with Gasteiger partial charge in [-0.3, -0.25) is 4.79 Å². The van der Waals surface area contributed by atoms with Crippen LogP contribution in [0.15, 0.2) is 42.5 Å². The summed E-state index contributed by atoms with van der Waals surface area (Å²) in [5.41, 5.74) is 4.16. The van der Waals surface area contributed by atoms with E-state index in [4.69, 9.17) is 9.72 Å². The summed E-state index contributed by atoms with van der Waals surface area (Å²) >= 11 is 0. The largest absolute Gasteiger partial charge is 0.497 e. The zero-order valence-electron chi connectivity index (χ0n) is 15.5. The van der Waals surface area contributed by atoms with E-state index in [0.717, 1.165) is 60.8 Å². The van der Waals surface area contributed by atoms with Gasteiger partial charge in [-0.2, -0.15) is 0 Å². The summed E-state index contributed by atoms with van der Waals surface area (Å²) in [7, 11) is 1.70. The lowest BCUT2D eigenvalue weighted by Gasteiger charge is -2.33. The van der Waals surface area contributed by atoms with Gasteiger partial charge in [-0.15, -0.1) is 0 Å². The van der Waals surface area contributed by atoms with Crippen LogP contribution in [-0.2, 0) is 6.54 Å². The predicted molar refractivity (Wildman–Crippen MR) is 106 cm³/mol. The number of hydrogen-bond donors (Lipinski definition) is 0. The van der Waals surface area contributed by atoms with E-state index >= 15 is 0 Å². The number of aryl methyl sites for hydroxylation is 1. The summed E-state index contributed by atoms with van der Waals surface area (Å²) in [5, 5.41) is 0. The number of carbonyl (C=O) groups is 1. The molecule has 0 spiro atoms. The highest BCUT2D eigenvalue weighted by molar-refractivity contribution is 6.08. The van der Waals surface area contributed by atoms with Crippen LogP contribution in [0.5, 0.6) is 5.75 Å². The molecule has 1 aromatic heterocycles. The summed E-state index contributed by atoms with van der Waals surface area (Å²) in [5.74, 6) is 2.75. The van der Waals surface area contributed by atoms with Crippen LogP contribution in [0.1, 0.15) is 41.1 Å². The quantitative estimate of drug-likeness (QED) is 0.707. The number of aromatic nitrogens is 2. The first-order valence-electron chi connectivity index (χ1n) is 9.66. The van der Waals surface area contributed by atoms with Crippen molar-refractivity contribution in [3.05, 3.63) is 53.6 Å². The van der Waals surface area contributed by atoms with E-state index in [-0.39, 0.29) is 5.78 Å². The molecule has 1 saturated heterocycles. The molecule has 1 fully saturated rings. The zero-order chi connectivity index (χ0) is 18.4. The van der Waals surface area contributed by atoms with E-state index in [9.17, 15) is 4.79 Å². The molecule has 0 unspecified atom stereocenters. The number of carbonyl (C=O) groups excluding carboxylic acids is 1. The Hall–Kier alpha value is -2.82. The first kappa shape index (κ1) is 16.4. The third kappa shape index (κ3) is 2.69. The number of ether oxygens (including phenoxy) is 1. The highest BCUT2D eigenvalue weighted by Crippen LogP contribution is 2.34. The molecule has 3 heterocycles. The van der Waals surface area contributed by atoms with Crippen molar-refractivity contribution in [2.45, 2.75) is 31.7 Å². The van der Waals surface area contributed by atoms with Gasteiger partial charge in [0.1, 0.15) is 5.75 Å². The van der Waals surface area contributed by atoms with Crippen LogP contribution in [0.3, 0.4) is 0 Å². The van der Waals surface area contributed by atoms with Crippen molar-refractivity contribution >= 4 is 22.8 Å². The van der Waals surface area contributed by atoms with Crippen LogP contribution in [0, 0.1) is 0 Å². The molecule has 0 N–H and O–H groups in total. The Labute approximate surface area is 158 Å². The first-order chi connectivity index (χ1) is 13.2. The minimum absolute atomic E-state index is 0.234. The molecule has 0 saturated carbocycles. The molecule has 0 amide bonds. The summed E-state index contributed by atoms with van der Waals surface area (Å²) in [4.78, 5) is 19.5. The number of hydrogen-bond acceptors (Lipinski definition) is 4. The Morgan fingerprint density at radius 3 is 2.56 bits per heavy atom. The lowest BCUT2D eigenvalue weighted by molar-refractivity contribution is 0.0973. The Kier molecular flexibility index (Phi) is 3.88. The summed E-state index contributed by atoms with van der Waals surface area (Å²) in [6.07, 6.45) is 2.79. The van der Waals surface area contributed by atoms with Gasteiger partial charge >= 0.3 is 0 Å². The zero-order valence-corrected chi connectivity index (χ0v) is 15.5. The van der Waals surface area contributed by atoms with Gasteiger partial charge in [0.05, 0.1) is 18.1 Å². The predicted octanol–water partition coefficient (Wildman–Crippen LogP) is 4.02. The van der Waals surface area contributed by atoms with E-state index < -0.39 is 0 Å². The number of anilines is 1. The molecule has 0 atom stereocenters. The van der Waals surface area contributed by atoms with E-state index in [1.165, 1.54) is 5.56 Å². The van der Waals surface area contributed by atoms with Crippen LogP contribution in [0.2, 0.25) is 0 Å². The summed E-state index contributed by atoms with van der Waals surface area (Å²) < 4.78 is 7.51. The van der Waals surface area contributed by atoms with Crippen molar-refractivity contribution < 1.29 is 9.53 Å². The number of piperidine rings is 1. The van der Waals surface area contributed by atoms with Gasteiger partial charge < -0.3 is 14.2 Å². The normalized spacial score (nSPS) is 17.5. The Balaban J connectivity index is 1.39. The van der Waals surface area contributed by atoms with Crippen molar-refractivity contribution in [2.75, 3.05) is 25.1 Å². The second kappa shape index (κ2) is 6.41. The molecule has 5 nitrogen and oxygen atoms in total. The number of benzene rings is 2. The molecule has 138 valence electrons. The molecule has 0 radical (unpaired) electrons. The van der Waals surface area contributed by atoms with Gasteiger partial charge in [0, 0.05) is 31.6 Å². The Bertz CT molecular complexity index is 998. The minimum atomic E-state index is 0.234. The Morgan fingerprint density at radius 1 is 1.04 bits per heavy atom. The number of imidazole rings is 1. The average molecular weight is 361 g/mol. The third-order valence-corrected chi connectivity index (χ3v) is 5.97. The monoisotopic (exact) mass is 361 g/mol. The average Bonchev–Trinajstić information content (AvgIpc) is 3.11. The van der Waals surface area contributed by atoms with Crippen LogP contribution in [0.25, 0.3) is 11.0 Å². The smallest absolute Gasteiger partial charge is 0.206 e. The molecule has 5 heteroatoms. The standard InChI is InChI=1S/C22H23N3O2/c1-27-17-7-5-15(6-8-17)16-9-12-24(13-10-16)22-23-19-4-2-3-18-20(26)11-14-25(22)21(18)19/h2-8,16H,9-14H2,1H3. The number of ketones is 1. The number of methoxy groups -OCH3 is 1. The highest BCUT2D eigenvalue weighted by atomic mass is 16.5. The molecular weight excluding hydrogens is 338 g/mol. The van der Waals surface area contributed by atoms with Crippen LogP contribution >= 0.6 is 0 Å². The van der Waals surface area contributed by atoms with E-state index in [1.54, 1.807) is 7.11 Å². The van der Waals surface area contributed by atoms with E-state index in [0.29, 0.717) is 12.3 Å². The van der Waals surface area contributed by atoms with Gasteiger partial charge in [0.25, 0.3) is 0 Å². The van der Waals surface area contributed by atoms with E-state index in [2.05, 4.69) is 21.6 Å². The summed E-state index contributed by atoms with van der Waals surface area (Å²) in [6, 6.07) is 14.4. The first-order valence-corrected chi connectivity index (χ1v) is 9.66. The van der Waals surface area contributed by atoms with Gasteiger partial charge in [0.15, 0.2) is 5.78 Å². The maximum atomic E-state index is 12.2. The Morgan fingerprint density at radius 2 is 1.81 bits per heavy atom. The fraction of sp³-hybridized carbons (Fsp3) is 0.364. The van der Waals surface area contributed by atoms with Gasteiger partial charge in [-0.25, -0.2) is 4.98 Å². The maximum Gasteiger partial charge on any atom is 0.206 e. The number of para-hydroxylation sites is 1. The summed E-state index contributed by atoms with van der Waals surface area (Å²) in [6.45, 7) is 2.71. The number of Topliss-reactive ketones (excluding diaryl/α,β-unsaturated/α-hetero) is 1. The molecule has 2 aliphatic rings. The molecule has 2 aromatic carbocycles. The van der Waals surface area contributed by atoms with Crippen molar-refractivity contribution in [1.29, 1.82) is 0 Å². The second-order valence-corrected chi connectivity index (χ2v) is 7.44. The maximum absolute atomic E-state index is 12.2. The molecular formula is C22H23N3O2. The second-order valence-electron chi connectivity index (χ2n) is 7.44. The molecule has 0 aliphatic carbocycles. The number of rotatable bonds is 3. The highest BCUT2D eigenvalue weighted by Gasteiger charge is 2.28. The van der Waals surface area contributed by atoms with Crippen molar-refractivity contribution in [3.63, 3.8) is 0 Å². The van der Waals surface area contributed by atoms with Gasteiger partial charge in [-0.05, 0) is 48.6 Å². The molecule has 5 rings (SSSR count). The lowest BCUT2D eigenvalue weighted by Crippen LogP contribution is -2.35. The fourth-order valence-corrected chi connectivity index (χ4v) is 4.49. The van der Waals surface area contributed by atoms with Crippen molar-refractivity contribution in [1.82, 2.24) is 9.55 Å². The van der Waals surface area contributed by atoms with Crippen LogP contribution in [-0.4, -0.2) is 35.5 Å². The van der Waals surface area contributed by atoms with Crippen molar-refractivity contribution in [3.8, 4) is 5.75 Å².